The molecule has 0 spiro atoms. The summed E-state index contributed by atoms with van der Waals surface area (Å²) in [5.41, 5.74) is 2.67. The van der Waals surface area contributed by atoms with Crippen LogP contribution in [0.3, 0.4) is 0 Å². The molecule has 0 aliphatic heterocycles. The largest absolute Gasteiger partial charge is 0.383 e. The van der Waals surface area contributed by atoms with Crippen LogP contribution in [0, 0.1) is 28.6 Å². The molecule has 0 aromatic heterocycles. The lowest BCUT2D eigenvalue weighted by Crippen LogP contribution is -2.57. The standard InChI is InChI=1S/C21H34N4O/c1-13(24-22)21(26)11-8-18-16-5-4-14-12-15(25-23)6-9-19(14,2)17(16)7-10-20(18,21)3/h12,16-18,26H,4-11,22-23H2,1-3H3/b24-13-,25-15+/t16-,17+,18+,19+,20-,21+/m0/s1. The number of allylic oxidation sites excluding steroid dienone is 2. The smallest absolute Gasteiger partial charge is 0.110 e. The molecular weight excluding hydrogens is 324 g/mol. The van der Waals surface area contributed by atoms with Crippen LogP contribution in [0.1, 0.15) is 72.1 Å². The summed E-state index contributed by atoms with van der Waals surface area (Å²) in [7, 11) is 0. The van der Waals surface area contributed by atoms with Crippen molar-refractivity contribution in [2.24, 2.45) is 50.5 Å². The molecule has 4 rings (SSSR count). The lowest BCUT2D eigenvalue weighted by molar-refractivity contribution is -0.0945. The summed E-state index contributed by atoms with van der Waals surface area (Å²) in [6.45, 7) is 6.67. The van der Waals surface area contributed by atoms with E-state index in [1.807, 2.05) is 6.92 Å². The van der Waals surface area contributed by atoms with Gasteiger partial charge in [-0.15, -0.1) is 0 Å². The van der Waals surface area contributed by atoms with Crippen molar-refractivity contribution >= 4 is 11.4 Å². The molecule has 5 N–H and O–H groups in total. The van der Waals surface area contributed by atoms with Crippen LogP contribution in [0.5, 0.6) is 0 Å². The van der Waals surface area contributed by atoms with Gasteiger partial charge in [-0.25, -0.2) is 0 Å². The first-order valence-corrected chi connectivity index (χ1v) is 10.3. The van der Waals surface area contributed by atoms with E-state index < -0.39 is 5.60 Å². The number of rotatable bonds is 1. The van der Waals surface area contributed by atoms with Crippen molar-refractivity contribution in [2.75, 3.05) is 0 Å². The molecule has 144 valence electrons. The van der Waals surface area contributed by atoms with Gasteiger partial charge in [-0.2, -0.15) is 10.2 Å². The number of aliphatic hydroxyl groups is 1. The Labute approximate surface area is 157 Å². The minimum atomic E-state index is -0.833. The van der Waals surface area contributed by atoms with E-state index in [-0.39, 0.29) is 10.8 Å². The molecule has 0 heterocycles. The molecule has 5 nitrogen and oxygen atoms in total. The molecule has 4 aliphatic rings. The van der Waals surface area contributed by atoms with Crippen LogP contribution in [-0.2, 0) is 0 Å². The van der Waals surface area contributed by atoms with Gasteiger partial charge in [-0.05, 0) is 87.5 Å². The van der Waals surface area contributed by atoms with E-state index in [9.17, 15) is 5.11 Å². The number of nitrogens with two attached hydrogens (primary N) is 2. The van der Waals surface area contributed by atoms with E-state index in [1.165, 1.54) is 12.8 Å². The van der Waals surface area contributed by atoms with E-state index in [0.717, 1.165) is 44.2 Å². The SMILES string of the molecule is C/C(=N/N)[C@]1(O)CC[C@@H]2[C@H]3CCC4=C/C(=N/N)CC[C@@]4(C)[C@@H]3CC[C@@]21C. The predicted octanol–water partition coefficient (Wildman–Crippen LogP) is 3.33. The second-order valence-electron chi connectivity index (χ2n) is 9.69. The number of hydrogen-bond donors (Lipinski definition) is 3. The maximum atomic E-state index is 11.5. The van der Waals surface area contributed by atoms with E-state index in [2.05, 4.69) is 30.1 Å². The van der Waals surface area contributed by atoms with Crippen LogP contribution in [0.15, 0.2) is 21.9 Å². The van der Waals surface area contributed by atoms with Crippen LogP contribution in [0.4, 0.5) is 0 Å². The fourth-order valence-corrected chi connectivity index (χ4v) is 7.39. The number of hydrogen-bond acceptors (Lipinski definition) is 5. The van der Waals surface area contributed by atoms with Crippen molar-refractivity contribution < 1.29 is 5.11 Å². The minimum absolute atomic E-state index is 0.1000. The Balaban J connectivity index is 1.68. The van der Waals surface area contributed by atoms with Crippen molar-refractivity contribution in [1.29, 1.82) is 0 Å². The van der Waals surface area contributed by atoms with Gasteiger partial charge in [0.05, 0.1) is 11.4 Å². The Kier molecular flexibility index (Phi) is 4.03. The monoisotopic (exact) mass is 358 g/mol. The summed E-state index contributed by atoms with van der Waals surface area (Å²) >= 11 is 0. The number of nitrogens with zero attached hydrogens (tertiary/aromatic N) is 2. The summed E-state index contributed by atoms with van der Waals surface area (Å²) in [5.74, 6) is 13.1. The molecule has 5 heteroatoms. The van der Waals surface area contributed by atoms with Crippen LogP contribution >= 0.6 is 0 Å². The highest BCUT2D eigenvalue weighted by atomic mass is 16.3. The molecule has 0 bridgehead atoms. The van der Waals surface area contributed by atoms with E-state index in [1.54, 1.807) is 5.57 Å². The second kappa shape index (κ2) is 5.82. The molecule has 0 aromatic rings. The van der Waals surface area contributed by atoms with Crippen LogP contribution in [0.25, 0.3) is 0 Å². The normalized spacial score (nSPS) is 50.0. The average Bonchev–Trinajstić information content (AvgIpc) is 2.92. The highest BCUT2D eigenvalue weighted by molar-refractivity contribution is 5.96. The van der Waals surface area contributed by atoms with Gasteiger partial charge < -0.3 is 16.8 Å². The van der Waals surface area contributed by atoms with Gasteiger partial charge in [0.2, 0.25) is 0 Å². The zero-order valence-corrected chi connectivity index (χ0v) is 16.5. The third kappa shape index (κ3) is 2.12. The average molecular weight is 359 g/mol. The first-order chi connectivity index (χ1) is 12.3. The minimum Gasteiger partial charge on any atom is -0.383 e. The Morgan fingerprint density at radius 3 is 2.50 bits per heavy atom. The Hall–Kier alpha value is -1.36. The van der Waals surface area contributed by atoms with E-state index >= 15 is 0 Å². The zero-order chi connectivity index (χ0) is 18.7. The molecule has 4 aliphatic carbocycles. The summed E-state index contributed by atoms with van der Waals surface area (Å²) < 4.78 is 0. The van der Waals surface area contributed by atoms with E-state index in [0.29, 0.717) is 23.5 Å². The van der Waals surface area contributed by atoms with Crippen LogP contribution in [-0.4, -0.2) is 22.1 Å². The zero-order valence-electron chi connectivity index (χ0n) is 16.5. The van der Waals surface area contributed by atoms with Gasteiger partial charge in [0.15, 0.2) is 0 Å². The molecule has 0 amide bonds. The third-order valence-electron chi connectivity index (χ3n) is 9.09. The van der Waals surface area contributed by atoms with Crippen LogP contribution in [0.2, 0.25) is 0 Å². The quantitative estimate of drug-likeness (QED) is 0.381. The third-order valence-corrected chi connectivity index (χ3v) is 9.09. The first kappa shape index (κ1) is 18.0. The van der Waals surface area contributed by atoms with Crippen LogP contribution < -0.4 is 11.7 Å². The molecule has 6 atom stereocenters. The molecule has 0 radical (unpaired) electrons. The first-order valence-electron chi connectivity index (χ1n) is 10.3. The highest BCUT2D eigenvalue weighted by Crippen LogP contribution is 2.67. The lowest BCUT2D eigenvalue weighted by atomic mass is 9.46. The molecule has 0 saturated heterocycles. The highest BCUT2D eigenvalue weighted by Gasteiger charge is 2.64. The number of fused-ring (bicyclic) bond motifs is 5. The summed E-state index contributed by atoms with van der Waals surface area (Å²) in [6.07, 6.45) is 10.9. The van der Waals surface area contributed by atoms with Gasteiger partial charge in [0.25, 0.3) is 0 Å². The Morgan fingerprint density at radius 2 is 1.81 bits per heavy atom. The predicted molar refractivity (Wildman–Crippen MR) is 106 cm³/mol. The summed E-state index contributed by atoms with van der Waals surface area (Å²) in [5, 5.41) is 19.4. The van der Waals surface area contributed by atoms with Gasteiger partial charge >= 0.3 is 0 Å². The molecule has 3 saturated carbocycles. The van der Waals surface area contributed by atoms with Crippen molar-refractivity contribution in [3.63, 3.8) is 0 Å². The Morgan fingerprint density at radius 1 is 1.08 bits per heavy atom. The molecule has 0 unspecified atom stereocenters. The maximum Gasteiger partial charge on any atom is 0.110 e. The van der Waals surface area contributed by atoms with Gasteiger partial charge in [0, 0.05) is 5.41 Å². The lowest BCUT2D eigenvalue weighted by Gasteiger charge is -2.59. The topological polar surface area (TPSA) is 97.0 Å². The fraction of sp³-hybridized carbons (Fsp3) is 0.810. The fourth-order valence-electron chi connectivity index (χ4n) is 7.39. The van der Waals surface area contributed by atoms with Gasteiger partial charge in [-0.1, -0.05) is 19.4 Å². The molecule has 26 heavy (non-hydrogen) atoms. The number of hydrazone groups is 2. The molecular formula is C21H34N4O. The van der Waals surface area contributed by atoms with Crippen molar-refractivity contribution in [2.45, 2.75) is 77.7 Å². The van der Waals surface area contributed by atoms with Gasteiger partial charge in [-0.3, -0.25) is 0 Å². The maximum absolute atomic E-state index is 11.5. The van der Waals surface area contributed by atoms with E-state index in [4.69, 9.17) is 11.7 Å². The van der Waals surface area contributed by atoms with Crippen molar-refractivity contribution in [3.8, 4) is 0 Å². The second-order valence-corrected chi connectivity index (χ2v) is 9.69. The summed E-state index contributed by atoms with van der Waals surface area (Å²) in [6, 6.07) is 0. The van der Waals surface area contributed by atoms with Gasteiger partial charge in [0.1, 0.15) is 5.60 Å². The van der Waals surface area contributed by atoms with Crippen molar-refractivity contribution in [3.05, 3.63) is 11.6 Å². The Bertz CT molecular complexity index is 698. The molecule has 0 aromatic carbocycles. The summed E-state index contributed by atoms with van der Waals surface area (Å²) in [4.78, 5) is 0. The molecule has 3 fully saturated rings. The van der Waals surface area contributed by atoms with Crippen molar-refractivity contribution in [1.82, 2.24) is 0 Å².